The average Bonchev–Trinajstić information content (AvgIpc) is 3.63. The predicted octanol–water partition coefficient (Wildman–Crippen LogP) is 8.66. The number of hydrogen-bond donors (Lipinski definition) is 4. The van der Waals surface area contributed by atoms with Crippen molar-refractivity contribution < 1.29 is 24.2 Å². The molecule has 2 aromatic rings. The smallest absolute Gasteiger partial charge is 0.251 e. The Kier molecular flexibility index (Phi) is 16.5. The molecule has 0 aromatic heterocycles. The molecular formula is C48H73N3O5. The third-order valence-corrected chi connectivity index (χ3v) is 15.0. The SMILES string of the molecule is C=CC.CC1(C)C(O)CCC2(C)C1CCC1(C)C3CCC4(C=O)CCCC4C3CCC12.CNCc1cccc(C(=O)NCCOCc2ccccc2)c1.NC=O. The van der Waals surface area contributed by atoms with Gasteiger partial charge in [0.15, 0.2) is 0 Å². The van der Waals surface area contributed by atoms with Gasteiger partial charge < -0.3 is 31.0 Å². The van der Waals surface area contributed by atoms with Gasteiger partial charge in [0.05, 0.1) is 19.3 Å². The van der Waals surface area contributed by atoms with Crippen LogP contribution in [0.1, 0.15) is 127 Å². The molecule has 0 spiro atoms. The van der Waals surface area contributed by atoms with Crippen LogP contribution in [0.15, 0.2) is 67.3 Å². The number of aliphatic hydroxyl groups is 1. The normalized spacial score (nSPS) is 33.3. The Morgan fingerprint density at radius 2 is 1.55 bits per heavy atom. The number of nitrogens with two attached hydrogens (primary N) is 1. The zero-order chi connectivity index (χ0) is 41.0. The van der Waals surface area contributed by atoms with E-state index in [1.165, 1.54) is 57.7 Å². The van der Waals surface area contributed by atoms with Gasteiger partial charge in [-0.05, 0) is 147 Å². The van der Waals surface area contributed by atoms with Crippen molar-refractivity contribution in [2.24, 2.45) is 57.0 Å². The molecule has 310 valence electrons. The molecule has 9 atom stereocenters. The van der Waals surface area contributed by atoms with Crippen LogP contribution in [0.25, 0.3) is 0 Å². The lowest BCUT2D eigenvalue weighted by Crippen LogP contribution is -2.63. The summed E-state index contributed by atoms with van der Waals surface area (Å²) in [5.74, 6) is 3.69. The maximum Gasteiger partial charge on any atom is 0.251 e. The van der Waals surface area contributed by atoms with Gasteiger partial charge in [-0.15, -0.1) is 6.58 Å². The third-order valence-electron chi connectivity index (χ3n) is 15.0. The number of ether oxygens (including phenoxy) is 1. The van der Waals surface area contributed by atoms with Crippen LogP contribution in [0.3, 0.4) is 0 Å². The van der Waals surface area contributed by atoms with E-state index in [1.54, 1.807) is 6.08 Å². The molecule has 5 aliphatic carbocycles. The summed E-state index contributed by atoms with van der Waals surface area (Å²) in [4.78, 5) is 32.7. The minimum atomic E-state index is -0.132. The number of nitrogens with one attached hydrogen (secondary N) is 2. The van der Waals surface area contributed by atoms with E-state index in [4.69, 9.17) is 9.53 Å². The predicted molar refractivity (Wildman–Crippen MR) is 226 cm³/mol. The summed E-state index contributed by atoms with van der Waals surface area (Å²) in [5.41, 5.74) is 8.00. The largest absolute Gasteiger partial charge is 0.393 e. The first-order chi connectivity index (χ1) is 26.8. The summed E-state index contributed by atoms with van der Waals surface area (Å²) in [6.45, 7) is 17.5. The van der Waals surface area contributed by atoms with E-state index in [2.05, 4.69) is 50.6 Å². The summed E-state index contributed by atoms with van der Waals surface area (Å²) in [7, 11) is 1.89. The van der Waals surface area contributed by atoms with Gasteiger partial charge >= 0.3 is 0 Å². The molecule has 2 amide bonds. The van der Waals surface area contributed by atoms with Gasteiger partial charge in [-0.25, -0.2) is 0 Å². The summed E-state index contributed by atoms with van der Waals surface area (Å²) < 4.78 is 5.54. The number of aliphatic hydroxyl groups excluding tert-OH is 1. The van der Waals surface area contributed by atoms with Crippen molar-refractivity contribution in [3.05, 3.63) is 83.9 Å². The zero-order valence-corrected chi connectivity index (χ0v) is 35.4. The van der Waals surface area contributed by atoms with Crippen LogP contribution in [0.2, 0.25) is 0 Å². The molecule has 5 N–H and O–H groups in total. The first-order valence-electron chi connectivity index (χ1n) is 21.3. The Morgan fingerprint density at radius 1 is 0.875 bits per heavy atom. The number of amides is 2. The topological polar surface area (TPSA) is 131 Å². The monoisotopic (exact) mass is 772 g/mol. The number of benzene rings is 2. The van der Waals surface area contributed by atoms with Crippen LogP contribution >= 0.6 is 0 Å². The number of allylic oxidation sites excluding steroid dienone is 1. The molecule has 0 radical (unpaired) electrons. The second-order valence-electron chi connectivity index (χ2n) is 18.3. The van der Waals surface area contributed by atoms with Crippen molar-refractivity contribution >= 4 is 18.6 Å². The Hall–Kier alpha value is -3.33. The maximum absolute atomic E-state index is 12.1. The fraction of sp³-hybridized carbons (Fsp3) is 0.646. The summed E-state index contributed by atoms with van der Waals surface area (Å²) in [6.07, 6.45) is 17.0. The van der Waals surface area contributed by atoms with Gasteiger partial charge in [-0.2, -0.15) is 0 Å². The van der Waals surface area contributed by atoms with Crippen molar-refractivity contribution in [1.29, 1.82) is 0 Å². The lowest BCUT2D eigenvalue weighted by molar-refractivity contribution is -0.213. The van der Waals surface area contributed by atoms with E-state index < -0.39 is 0 Å². The van der Waals surface area contributed by atoms with Gasteiger partial charge in [0.25, 0.3) is 5.91 Å². The quantitative estimate of drug-likeness (QED) is 0.115. The number of carbonyl (C=O) groups excluding carboxylic acids is 3. The number of hydrogen-bond acceptors (Lipinski definition) is 6. The van der Waals surface area contributed by atoms with Crippen LogP contribution in [0, 0.1) is 51.2 Å². The molecule has 8 nitrogen and oxygen atoms in total. The third kappa shape index (κ3) is 9.85. The number of primary amides is 1. The van der Waals surface area contributed by atoms with Crippen molar-refractivity contribution in [3.8, 4) is 0 Å². The van der Waals surface area contributed by atoms with Crippen LogP contribution in [0.4, 0.5) is 0 Å². The maximum atomic E-state index is 12.1. The Labute approximate surface area is 338 Å². The second-order valence-corrected chi connectivity index (χ2v) is 18.3. The molecule has 0 saturated heterocycles. The number of rotatable bonds is 9. The number of fused-ring (bicyclic) bond motifs is 7. The van der Waals surface area contributed by atoms with E-state index in [-0.39, 0.29) is 29.3 Å². The van der Waals surface area contributed by atoms with E-state index in [0.717, 1.165) is 54.7 Å². The molecular weight excluding hydrogens is 699 g/mol. The fourth-order valence-electron chi connectivity index (χ4n) is 12.6. The summed E-state index contributed by atoms with van der Waals surface area (Å²) in [5, 5.41) is 16.7. The summed E-state index contributed by atoms with van der Waals surface area (Å²) >= 11 is 0. The van der Waals surface area contributed by atoms with Crippen LogP contribution in [-0.4, -0.2) is 50.0 Å². The van der Waals surface area contributed by atoms with Gasteiger partial charge in [-0.3, -0.25) is 9.59 Å². The highest BCUT2D eigenvalue weighted by molar-refractivity contribution is 5.94. The van der Waals surface area contributed by atoms with E-state index in [0.29, 0.717) is 48.0 Å². The second kappa shape index (κ2) is 20.4. The van der Waals surface area contributed by atoms with Crippen molar-refractivity contribution in [3.63, 3.8) is 0 Å². The molecule has 5 saturated carbocycles. The fourth-order valence-corrected chi connectivity index (χ4v) is 12.6. The highest BCUT2D eigenvalue weighted by Gasteiger charge is 2.66. The molecule has 2 aromatic carbocycles. The molecule has 5 fully saturated rings. The Balaban J connectivity index is 0.000000224. The Bertz CT molecular complexity index is 1560. The molecule has 9 unspecified atom stereocenters. The van der Waals surface area contributed by atoms with Gasteiger partial charge in [0, 0.05) is 24.1 Å². The highest BCUT2D eigenvalue weighted by atomic mass is 16.5. The first-order valence-corrected chi connectivity index (χ1v) is 21.3. The van der Waals surface area contributed by atoms with E-state index >= 15 is 0 Å². The Morgan fingerprint density at radius 3 is 2.23 bits per heavy atom. The molecule has 0 bridgehead atoms. The highest BCUT2D eigenvalue weighted by Crippen LogP contribution is 2.72. The van der Waals surface area contributed by atoms with Crippen LogP contribution in [0.5, 0.6) is 0 Å². The number of aldehydes is 1. The summed E-state index contributed by atoms with van der Waals surface area (Å²) in [6, 6.07) is 17.6. The molecule has 56 heavy (non-hydrogen) atoms. The first kappa shape index (κ1) is 45.4. The van der Waals surface area contributed by atoms with E-state index in [1.807, 2.05) is 68.6 Å². The van der Waals surface area contributed by atoms with Gasteiger partial charge in [-0.1, -0.05) is 82.7 Å². The van der Waals surface area contributed by atoms with Crippen LogP contribution in [-0.2, 0) is 27.5 Å². The van der Waals surface area contributed by atoms with Gasteiger partial charge in [0.1, 0.15) is 6.29 Å². The van der Waals surface area contributed by atoms with Crippen molar-refractivity contribution in [2.45, 2.75) is 125 Å². The van der Waals surface area contributed by atoms with Crippen molar-refractivity contribution in [2.75, 3.05) is 20.2 Å². The zero-order valence-electron chi connectivity index (χ0n) is 35.4. The molecule has 0 aliphatic heterocycles. The lowest BCUT2D eigenvalue weighted by Gasteiger charge is -2.69. The molecule has 5 aliphatic rings. The van der Waals surface area contributed by atoms with E-state index in [9.17, 15) is 14.7 Å². The molecule has 8 heteroatoms. The molecule has 7 rings (SSSR count). The van der Waals surface area contributed by atoms with Crippen LogP contribution < -0.4 is 16.4 Å². The molecule has 0 heterocycles. The minimum absolute atomic E-state index is 0.0441. The number of carbonyl (C=O) groups is 3. The average molecular weight is 772 g/mol. The van der Waals surface area contributed by atoms with Gasteiger partial charge in [0.2, 0.25) is 6.41 Å². The standard InChI is InChI=1S/C26H42O2.C18H22N2O2.C3H6.CH3NO/c1-23(2)20-10-13-24(3)18-9-15-26(16-27)12-5-6-19(26)17(18)7-8-21(24)25(20,4)14-11-22(23)28;1-19-13-16-8-5-9-17(12-16)18(21)20-10-11-22-14-15-6-3-2-4-7-15;1-3-2;2-1-3/h16-22,28H,5-15H2,1-4H3;2-9,12,19H,10-11,13-14H2,1H3,(H,20,21);3H,1H2,2H3;1H,(H2,2,3). The lowest BCUT2D eigenvalue weighted by atomic mass is 9.36. The van der Waals surface area contributed by atoms with Crippen molar-refractivity contribution in [1.82, 2.24) is 10.6 Å². The minimum Gasteiger partial charge on any atom is -0.393 e.